The summed E-state index contributed by atoms with van der Waals surface area (Å²) in [5.41, 5.74) is 8.98. The van der Waals surface area contributed by atoms with E-state index < -0.39 is 0 Å². The van der Waals surface area contributed by atoms with Gasteiger partial charge in [0.15, 0.2) is 0 Å². The number of fused-ring (bicyclic) bond motifs is 1. The van der Waals surface area contributed by atoms with Crippen molar-refractivity contribution in [2.75, 3.05) is 18.1 Å². The van der Waals surface area contributed by atoms with Gasteiger partial charge in [-0.1, -0.05) is 0 Å². The van der Waals surface area contributed by atoms with Gasteiger partial charge in [0.2, 0.25) is 0 Å². The molecule has 0 saturated carbocycles. The number of hydrogen-bond acceptors (Lipinski definition) is 5. The molecule has 0 unspecified atom stereocenters. The first-order valence-electron chi connectivity index (χ1n) is 6.34. The van der Waals surface area contributed by atoms with Crippen molar-refractivity contribution in [3.8, 4) is 11.3 Å². The number of nitrogens with one attached hydrogen (secondary N) is 1. The Morgan fingerprint density at radius 1 is 1.20 bits per heavy atom. The third-order valence-electron chi connectivity index (χ3n) is 3.32. The van der Waals surface area contributed by atoms with Gasteiger partial charge in [0.05, 0.1) is 5.69 Å². The summed E-state index contributed by atoms with van der Waals surface area (Å²) in [4.78, 5) is 12.9. The fourth-order valence-corrected chi connectivity index (χ4v) is 2.18. The molecule has 100 valence electrons. The van der Waals surface area contributed by atoms with Crippen molar-refractivity contribution in [2.45, 2.75) is 6.92 Å². The molecule has 3 heterocycles. The number of aromatic nitrogens is 3. The minimum absolute atomic E-state index is 0.482. The third-order valence-corrected chi connectivity index (χ3v) is 3.32. The van der Waals surface area contributed by atoms with Gasteiger partial charge in [-0.15, -0.1) is 0 Å². The topological polar surface area (TPSA) is 76.7 Å². The molecule has 3 aromatic heterocycles. The summed E-state index contributed by atoms with van der Waals surface area (Å²) in [6.45, 7) is 2.03. The first kappa shape index (κ1) is 12.3. The minimum atomic E-state index is 0.482. The zero-order chi connectivity index (χ0) is 14.1. The first-order chi connectivity index (χ1) is 9.69. The molecule has 0 aliphatic rings. The Hall–Kier alpha value is -2.69. The number of nitrogen functional groups attached to an aromatic ring is 1. The van der Waals surface area contributed by atoms with E-state index in [4.69, 9.17) is 5.73 Å². The van der Waals surface area contributed by atoms with Gasteiger partial charge in [0, 0.05) is 36.6 Å². The molecule has 3 rings (SSSR count). The van der Waals surface area contributed by atoms with Crippen molar-refractivity contribution >= 4 is 22.4 Å². The van der Waals surface area contributed by atoms with E-state index in [1.54, 1.807) is 12.4 Å². The van der Waals surface area contributed by atoms with Crippen LogP contribution in [0.25, 0.3) is 22.0 Å². The first-order valence-corrected chi connectivity index (χ1v) is 6.34. The summed E-state index contributed by atoms with van der Waals surface area (Å²) >= 11 is 0. The molecule has 0 aromatic carbocycles. The number of nitrogens with zero attached hydrogens (tertiary/aromatic N) is 3. The van der Waals surface area contributed by atoms with Crippen LogP contribution >= 0.6 is 0 Å². The molecule has 5 heteroatoms. The Balaban J connectivity index is 2.25. The van der Waals surface area contributed by atoms with Crippen LogP contribution in [0.2, 0.25) is 0 Å². The highest BCUT2D eigenvalue weighted by atomic mass is 15.0. The SMILES string of the molecule is CNc1cc2cc(-c3cnccc3C)nc(N)c2cn1. The molecule has 5 nitrogen and oxygen atoms in total. The van der Waals surface area contributed by atoms with Gasteiger partial charge >= 0.3 is 0 Å². The quantitative estimate of drug-likeness (QED) is 0.744. The molecule has 0 saturated heterocycles. The standard InChI is InChI=1S/C15H15N5/c1-9-3-4-18-7-11(9)13-5-10-6-14(17-2)19-8-12(10)15(16)20-13/h3-8H,1-2H3,(H2,16,20)(H,17,19). The molecular weight excluding hydrogens is 250 g/mol. The predicted octanol–water partition coefficient (Wildman–Crippen LogP) is 2.62. The average Bonchev–Trinajstić information content (AvgIpc) is 2.47. The van der Waals surface area contributed by atoms with E-state index in [1.165, 1.54) is 0 Å². The largest absolute Gasteiger partial charge is 0.383 e. The van der Waals surface area contributed by atoms with Gasteiger partial charge in [0.1, 0.15) is 11.6 Å². The molecular formula is C15H15N5. The van der Waals surface area contributed by atoms with Crippen molar-refractivity contribution in [1.82, 2.24) is 15.0 Å². The molecule has 0 aliphatic carbocycles. The predicted molar refractivity (Wildman–Crippen MR) is 81.5 cm³/mol. The maximum Gasteiger partial charge on any atom is 0.133 e. The maximum atomic E-state index is 6.04. The Bertz CT molecular complexity index is 782. The molecule has 0 atom stereocenters. The lowest BCUT2D eigenvalue weighted by Crippen LogP contribution is -1.98. The average molecular weight is 265 g/mol. The second-order valence-electron chi connectivity index (χ2n) is 4.62. The summed E-state index contributed by atoms with van der Waals surface area (Å²) < 4.78 is 0. The van der Waals surface area contributed by atoms with Crippen LogP contribution in [-0.2, 0) is 0 Å². The van der Waals surface area contributed by atoms with Crippen LogP contribution < -0.4 is 11.1 Å². The molecule has 20 heavy (non-hydrogen) atoms. The van der Waals surface area contributed by atoms with E-state index in [9.17, 15) is 0 Å². The second kappa shape index (κ2) is 4.77. The van der Waals surface area contributed by atoms with Crippen LogP contribution in [-0.4, -0.2) is 22.0 Å². The van der Waals surface area contributed by atoms with Gasteiger partial charge in [-0.05, 0) is 36.1 Å². The highest BCUT2D eigenvalue weighted by Gasteiger charge is 2.08. The zero-order valence-electron chi connectivity index (χ0n) is 11.4. The van der Waals surface area contributed by atoms with Gasteiger partial charge in [0.25, 0.3) is 0 Å². The molecule has 0 amide bonds. The number of rotatable bonds is 2. The number of aryl methyl sites for hydroxylation is 1. The van der Waals surface area contributed by atoms with Crippen LogP contribution in [0, 0.1) is 6.92 Å². The van der Waals surface area contributed by atoms with Gasteiger partial charge in [-0.2, -0.15) is 0 Å². The summed E-state index contributed by atoms with van der Waals surface area (Å²) in [5, 5.41) is 4.89. The summed E-state index contributed by atoms with van der Waals surface area (Å²) in [6.07, 6.45) is 5.32. The van der Waals surface area contributed by atoms with Crippen molar-refractivity contribution in [2.24, 2.45) is 0 Å². The lowest BCUT2D eigenvalue weighted by atomic mass is 10.1. The lowest BCUT2D eigenvalue weighted by Gasteiger charge is -2.09. The number of anilines is 2. The summed E-state index contributed by atoms with van der Waals surface area (Å²) in [6, 6.07) is 5.93. The van der Waals surface area contributed by atoms with Gasteiger partial charge in [-0.25, -0.2) is 9.97 Å². The highest BCUT2D eigenvalue weighted by Crippen LogP contribution is 2.28. The zero-order valence-corrected chi connectivity index (χ0v) is 11.4. The number of pyridine rings is 3. The van der Waals surface area contributed by atoms with Crippen LogP contribution in [0.4, 0.5) is 11.6 Å². The second-order valence-corrected chi connectivity index (χ2v) is 4.62. The summed E-state index contributed by atoms with van der Waals surface area (Å²) in [7, 11) is 1.84. The normalized spacial score (nSPS) is 10.7. The monoisotopic (exact) mass is 265 g/mol. The van der Waals surface area contributed by atoms with Gasteiger partial charge < -0.3 is 11.1 Å². The van der Waals surface area contributed by atoms with E-state index in [0.29, 0.717) is 5.82 Å². The highest BCUT2D eigenvalue weighted by molar-refractivity contribution is 5.94. The smallest absolute Gasteiger partial charge is 0.133 e. The number of nitrogens with two attached hydrogens (primary N) is 1. The minimum Gasteiger partial charge on any atom is -0.383 e. The van der Waals surface area contributed by atoms with Gasteiger partial charge in [-0.3, -0.25) is 4.98 Å². The Morgan fingerprint density at radius 3 is 2.80 bits per heavy atom. The van der Waals surface area contributed by atoms with E-state index >= 15 is 0 Å². The maximum absolute atomic E-state index is 6.04. The Morgan fingerprint density at radius 2 is 2.05 bits per heavy atom. The molecule has 0 bridgehead atoms. The number of hydrogen-bond donors (Lipinski definition) is 2. The fraction of sp³-hybridized carbons (Fsp3) is 0.133. The Labute approximate surface area is 116 Å². The van der Waals surface area contributed by atoms with Crippen molar-refractivity contribution < 1.29 is 0 Å². The van der Waals surface area contributed by atoms with E-state index in [0.717, 1.165) is 33.4 Å². The Kier molecular flexibility index (Phi) is 2.95. The van der Waals surface area contributed by atoms with E-state index in [2.05, 4.69) is 20.3 Å². The molecule has 0 aliphatic heterocycles. The molecule has 0 fully saturated rings. The van der Waals surface area contributed by atoms with Crippen molar-refractivity contribution in [3.05, 3.63) is 42.4 Å². The van der Waals surface area contributed by atoms with Crippen LogP contribution in [0.3, 0.4) is 0 Å². The van der Waals surface area contributed by atoms with Crippen LogP contribution in [0.1, 0.15) is 5.56 Å². The molecule has 0 spiro atoms. The van der Waals surface area contributed by atoms with Crippen molar-refractivity contribution in [1.29, 1.82) is 0 Å². The van der Waals surface area contributed by atoms with Crippen LogP contribution in [0.15, 0.2) is 36.8 Å². The fourth-order valence-electron chi connectivity index (χ4n) is 2.18. The molecule has 3 aromatic rings. The molecule has 0 radical (unpaired) electrons. The lowest BCUT2D eigenvalue weighted by molar-refractivity contribution is 1.25. The van der Waals surface area contributed by atoms with Crippen molar-refractivity contribution in [3.63, 3.8) is 0 Å². The van der Waals surface area contributed by atoms with Crippen LogP contribution in [0.5, 0.6) is 0 Å². The van der Waals surface area contributed by atoms with E-state index in [1.807, 2.05) is 38.4 Å². The van der Waals surface area contributed by atoms with E-state index in [-0.39, 0.29) is 0 Å². The third kappa shape index (κ3) is 2.03. The summed E-state index contributed by atoms with van der Waals surface area (Å²) in [5.74, 6) is 1.29. The molecule has 3 N–H and O–H groups in total.